The zero-order valence-electron chi connectivity index (χ0n) is 8.57. The Bertz CT molecular complexity index is 315. The highest BCUT2D eigenvalue weighted by molar-refractivity contribution is 5.80. The molecule has 1 aromatic carbocycles. The Morgan fingerprint density at radius 3 is 2.50 bits per heavy atom. The smallest absolute Gasteiger partial charge is 0.133 e. The Balaban J connectivity index is 2.15. The van der Waals surface area contributed by atoms with Crippen molar-refractivity contribution in [3.8, 4) is 0 Å². The molecular formula is C13H16O. The number of hydrogen-bond donors (Lipinski definition) is 0. The summed E-state index contributed by atoms with van der Waals surface area (Å²) < 4.78 is 0. The van der Waals surface area contributed by atoms with E-state index < -0.39 is 0 Å². The molecule has 1 aromatic rings. The Morgan fingerprint density at radius 1 is 1.14 bits per heavy atom. The van der Waals surface area contributed by atoms with Gasteiger partial charge < -0.3 is 0 Å². The molecule has 0 aromatic heterocycles. The third-order valence-corrected chi connectivity index (χ3v) is 3.01. The average Bonchev–Trinajstić information content (AvgIpc) is 2.18. The fraction of sp³-hybridized carbons (Fsp3) is 0.462. The lowest BCUT2D eigenvalue weighted by Gasteiger charge is -2.25. The van der Waals surface area contributed by atoms with Crippen molar-refractivity contribution in [1.82, 2.24) is 0 Å². The zero-order chi connectivity index (χ0) is 9.97. The normalized spacial score (nSPS) is 27.6. The first kappa shape index (κ1) is 9.45. The summed E-state index contributed by atoms with van der Waals surface area (Å²) in [4.78, 5) is 11.5. The maximum Gasteiger partial charge on any atom is 0.133 e. The van der Waals surface area contributed by atoms with E-state index in [0.717, 1.165) is 19.3 Å². The van der Waals surface area contributed by atoms with E-state index in [1.165, 1.54) is 5.56 Å². The van der Waals surface area contributed by atoms with E-state index in [2.05, 4.69) is 31.2 Å². The van der Waals surface area contributed by atoms with Crippen LogP contribution in [0.5, 0.6) is 0 Å². The van der Waals surface area contributed by atoms with Gasteiger partial charge in [0.2, 0.25) is 0 Å². The topological polar surface area (TPSA) is 17.1 Å². The molecule has 1 saturated carbocycles. The number of rotatable bonds is 1. The molecular weight excluding hydrogens is 172 g/mol. The summed E-state index contributed by atoms with van der Waals surface area (Å²) in [6.45, 7) is 2.17. The standard InChI is InChI=1S/C13H16O/c1-10-7-12(9-13(14)8-10)11-5-3-2-4-6-11/h2-6,10,12H,7-9H2,1H3/t10-,12-/m1/s1. The summed E-state index contributed by atoms with van der Waals surface area (Å²) in [5.74, 6) is 1.45. The van der Waals surface area contributed by atoms with Crippen LogP contribution in [0.15, 0.2) is 30.3 Å². The van der Waals surface area contributed by atoms with Crippen molar-refractivity contribution in [2.45, 2.75) is 32.1 Å². The Morgan fingerprint density at radius 2 is 1.86 bits per heavy atom. The molecule has 2 rings (SSSR count). The first-order chi connectivity index (χ1) is 6.75. The predicted molar refractivity (Wildman–Crippen MR) is 57.2 cm³/mol. The van der Waals surface area contributed by atoms with Gasteiger partial charge in [-0.05, 0) is 23.8 Å². The molecule has 74 valence electrons. The Kier molecular flexibility index (Phi) is 2.67. The fourth-order valence-corrected chi connectivity index (χ4v) is 2.38. The summed E-state index contributed by atoms with van der Waals surface area (Å²) in [6, 6.07) is 10.4. The molecule has 1 aliphatic carbocycles. The SMILES string of the molecule is C[C@H]1CC(=O)C[C@H](c2ccccc2)C1. The van der Waals surface area contributed by atoms with Crippen LogP contribution < -0.4 is 0 Å². The van der Waals surface area contributed by atoms with Crippen molar-refractivity contribution in [3.63, 3.8) is 0 Å². The van der Waals surface area contributed by atoms with Gasteiger partial charge in [0.05, 0.1) is 0 Å². The molecule has 1 aliphatic rings. The fourth-order valence-electron chi connectivity index (χ4n) is 2.38. The number of ketones is 1. The van der Waals surface area contributed by atoms with Gasteiger partial charge >= 0.3 is 0 Å². The van der Waals surface area contributed by atoms with Gasteiger partial charge in [-0.3, -0.25) is 4.79 Å². The average molecular weight is 188 g/mol. The van der Waals surface area contributed by atoms with Crippen molar-refractivity contribution in [2.75, 3.05) is 0 Å². The van der Waals surface area contributed by atoms with Crippen LogP contribution in [-0.4, -0.2) is 5.78 Å². The second-order valence-corrected chi connectivity index (χ2v) is 4.40. The van der Waals surface area contributed by atoms with Crippen molar-refractivity contribution in [3.05, 3.63) is 35.9 Å². The first-order valence-electron chi connectivity index (χ1n) is 5.32. The van der Waals surface area contributed by atoms with Gasteiger partial charge in [0.1, 0.15) is 5.78 Å². The maximum atomic E-state index is 11.5. The van der Waals surface area contributed by atoms with Gasteiger partial charge in [-0.1, -0.05) is 37.3 Å². The highest BCUT2D eigenvalue weighted by Crippen LogP contribution is 2.33. The lowest BCUT2D eigenvalue weighted by Crippen LogP contribution is -2.19. The molecule has 0 heterocycles. The van der Waals surface area contributed by atoms with Gasteiger partial charge in [-0.15, -0.1) is 0 Å². The molecule has 0 spiro atoms. The van der Waals surface area contributed by atoms with E-state index in [4.69, 9.17) is 0 Å². The van der Waals surface area contributed by atoms with E-state index in [0.29, 0.717) is 17.6 Å². The zero-order valence-corrected chi connectivity index (χ0v) is 8.57. The van der Waals surface area contributed by atoms with Crippen molar-refractivity contribution in [1.29, 1.82) is 0 Å². The minimum absolute atomic E-state index is 0.428. The first-order valence-corrected chi connectivity index (χ1v) is 5.32. The number of carbonyl (C=O) groups excluding carboxylic acids is 1. The molecule has 0 radical (unpaired) electrons. The lowest BCUT2D eigenvalue weighted by molar-refractivity contribution is -0.121. The number of hydrogen-bond acceptors (Lipinski definition) is 1. The van der Waals surface area contributed by atoms with Gasteiger partial charge in [0.15, 0.2) is 0 Å². The summed E-state index contributed by atoms with van der Waals surface area (Å²) in [7, 11) is 0. The van der Waals surface area contributed by atoms with Crippen LogP contribution in [0.4, 0.5) is 0 Å². The Labute approximate surface area is 85.1 Å². The second kappa shape index (κ2) is 3.95. The van der Waals surface area contributed by atoms with Crippen LogP contribution in [0.25, 0.3) is 0 Å². The molecule has 0 saturated heterocycles. The van der Waals surface area contributed by atoms with Crippen LogP contribution in [0.2, 0.25) is 0 Å². The van der Waals surface area contributed by atoms with E-state index in [9.17, 15) is 4.79 Å². The summed E-state index contributed by atoms with van der Waals surface area (Å²) >= 11 is 0. The van der Waals surface area contributed by atoms with E-state index in [-0.39, 0.29) is 0 Å². The van der Waals surface area contributed by atoms with Crippen molar-refractivity contribution >= 4 is 5.78 Å². The summed E-state index contributed by atoms with van der Waals surface area (Å²) in [5.41, 5.74) is 1.33. The molecule has 0 unspecified atom stereocenters. The quantitative estimate of drug-likeness (QED) is 0.661. The highest BCUT2D eigenvalue weighted by Gasteiger charge is 2.25. The van der Waals surface area contributed by atoms with Crippen molar-refractivity contribution < 1.29 is 4.79 Å². The largest absolute Gasteiger partial charge is 0.300 e. The molecule has 0 aliphatic heterocycles. The lowest BCUT2D eigenvalue weighted by atomic mass is 9.78. The van der Waals surface area contributed by atoms with Crippen LogP contribution in [0, 0.1) is 5.92 Å². The third kappa shape index (κ3) is 2.03. The van der Waals surface area contributed by atoms with E-state index >= 15 is 0 Å². The summed E-state index contributed by atoms with van der Waals surface area (Å²) in [6.07, 6.45) is 2.69. The molecule has 2 atom stereocenters. The van der Waals surface area contributed by atoms with Crippen molar-refractivity contribution in [2.24, 2.45) is 5.92 Å². The number of benzene rings is 1. The molecule has 1 fully saturated rings. The molecule has 0 bridgehead atoms. The predicted octanol–water partition coefficient (Wildman–Crippen LogP) is 3.16. The van der Waals surface area contributed by atoms with Crippen LogP contribution in [0.1, 0.15) is 37.7 Å². The molecule has 14 heavy (non-hydrogen) atoms. The van der Waals surface area contributed by atoms with Gasteiger partial charge in [0.25, 0.3) is 0 Å². The van der Waals surface area contributed by atoms with E-state index in [1.54, 1.807) is 0 Å². The van der Waals surface area contributed by atoms with Gasteiger partial charge in [0, 0.05) is 12.8 Å². The van der Waals surface area contributed by atoms with E-state index in [1.807, 2.05) is 6.07 Å². The Hall–Kier alpha value is -1.11. The monoisotopic (exact) mass is 188 g/mol. The number of carbonyl (C=O) groups is 1. The van der Waals surface area contributed by atoms with Crippen LogP contribution in [-0.2, 0) is 4.79 Å². The minimum Gasteiger partial charge on any atom is -0.300 e. The third-order valence-electron chi connectivity index (χ3n) is 3.01. The second-order valence-electron chi connectivity index (χ2n) is 4.40. The number of Topliss-reactive ketones (excluding diaryl/α,β-unsaturated/α-hetero) is 1. The summed E-state index contributed by atoms with van der Waals surface area (Å²) in [5, 5.41) is 0. The molecule has 0 N–H and O–H groups in total. The highest BCUT2D eigenvalue weighted by atomic mass is 16.1. The van der Waals surface area contributed by atoms with Crippen LogP contribution in [0.3, 0.4) is 0 Å². The molecule has 1 heteroatoms. The minimum atomic E-state index is 0.428. The van der Waals surface area contributed by atoms with Gasteiger partial charge in [-0.25, -0.2) is 0 Å². The van der Waals surface area contributed by atoms with Gasteiger partial charge in [-0.2, -0.15) is 0 Å². The van der Waals surface area contributed by atoms with Crippen LogP contribution >= 0.6 is 0 Å². The molecule has 0 amide bonds. The molecule has 1 nitrogen and oxygen atoms in total. The maximum absolute atomic E-state index is 11.5.